The Hall–Kier alpha value is -2.84. The van der Waals surface area contributed by atoms with Crippen LogP contribution in [0.1, 0.15) is 23.2 Å². The molecule has 0 aliphatic heterocycles. The van der Waals surface area contributed by atoms with Crippen LogP contribution in [0.2, 0.25) is 0 Å². The number of carboxylic acids is 2. The highest BCUT2D eigenvalue weighted by Crippen LogP contribution is 2.06. The zero-order valence-electron chi connectivity index (χ0n) is 10.1. The molecule has 108 valence electrons. The average Bonchev–Trinajstić information content (AvgIpc) is 2.32. The molecule has 0 bridgehead atoms. The lowest BCUT2D eigenvalue weighted by atomic mass is 10.1. The average molecular weight is 284 g/mol. The number of rotatable bonds is 6. The van der Waals surface area contributed by atoms with Crippen molar-refractivity contribution in [2.24, 2.45) is 0 Å². The maximum Gasteiger partial charge on any atom is 0.326 e. The number of aromatic hydroxyl groups is 1. The second-order valence-corrected chi connectivity index (χ2v) is 3.92. The van der Waals surface area contributed by atoms with E-state index >= 15 is 0 Å². The van der Waals surface area contributed by atoms with Crippen LogP contribution in [-0.4, -0.2) is 44.2 Å². The maximum absolute atomic E-state index is 11.7. The summed E-state index contributed by atoms with van der Waals surface area (Å²) in [5, 5.41) is 28.6. The van der Waals surface area contributed by atoms with Gasteiger partial charge in [0.2, 0.25) is 0 Å². The largest absolute Gasteiger partial charge is 0.494 e. The predicted octanol–water partition coefficient (Wildman–Crippen LogP) is -0.872. The van der Waals surface area contributed by atoms with Crippen LogP contribution in [0.3, 0.4) is 0 Å². The number of carbonyl (C=O) groups excluding carboxylic acids is 1. The van der Waals surface area contributed by atoms with E-state index in [1.165, 1.54) is 0 Å². The van der Waals surface area contributed by atoms with Crippen molar-refractivity contribution in [3.05, 3.63) is 28.0 Å². The van der Waals surface area contributed by atoms with Crippen molar-refractivity contribution in [3.8, 4) is 5.88 Å². The first-order chi connectivity index (χ1) is 9.29. The van der Waals surface area contributed by atoms with E-state index in [4.69, 9.17) is 15.3 Å². The van der Waals surface area contributed by atoms with Gasteiger partial charge in [-0.15, -0.1) is 0 Å². The quantitative estimate of drug-likeness (QED) is 0.454. The summed E-state index contributed by atoms with van der Waals surface area (Å²) in [6, 6.07) is 0.429. The SMILES string of the molecule is O=C(O)CC[C@H](NC(=O)c1cc(O)[nH]c(=O)c1)C(=O)O. The number of aromatic nitrogens is 1. The summed E-state index contributed by atoms with van der Waals surface area (Å²) in [6.07, 6.45) is -0.733. The van der Waals surface area contributed by atoms with Crippen LogP contribution in [0.15, 0.2) is 16.9 Å². The van der Waals surface area contributed by atoms with E-state index in [0.717, 1.165) is 12.1 Å². The van der Waals surface area contributed by atoms with Crippen molar-refractivity contribution in [2.45, 2.75) is 18.9 Å². The monoisotopic (exact) mass is 284 g/mol. The summed E-state index contributed by atoms with van der Waals surface area (Å²) in [5.74, 6) is -4.03. The zero-order chi connectivity index (χ0) is 15.3. The maximum atomic E-state index is 11.7. The fraction of sp³-hybridized carbons (Fsp3) is 0.273. The summed E-state index contributed by atoms with van der Waals surface area (Å²) in [5.41, 5.74) is -0.958. The molecule has 0 spiro atoms. The Morgan fingerprint density at radius 2 is 1.90 bits per heavy atom. The molecule has 20 heavy (non-hydrogen) atoms. The second kappa shape index (κ2) is 6.36. The molecule has 9 nitrogen and oxygen atoms in total. The molecule has 1 atom stereocenters. The van der Waals surface area contributed by atoms with E-state index in [0.29, 0.717) is 0 Å². The zero-order valence-corrected chi connectivity index (χ0v) is 10.1. The Bertz CT molecular complexity index is 593. The lowest BCUT2D eigenvalue weighted by Crippen LogP contribution is -2.41. The van der Waals surface area contributed by atoms with Crippen LogP contribution in [-0.2, 0) is 9.59 Å². The minimum Gasteiger partial charge on any atom is -0.494 e. The molecule has 0 radical (unpaired) electrons. The molecule has 0 saturated carbocycles. The molecular formula is C11H12N2O7. The number of carbonyl (C=O) groups is 3. The first-order valence-corrected chi connectivity index (χ1v) is 5.48. The van der Waals surface area contributed by atoms with Crippen LogP contribution in [0, 0.1) is 0 Å². The molecule has 0 fully saturated rings. The van der Waals surface area contributed by atoms with E-state index in [-0.39, 0.29) is 12.0 Å². The number of aliphatic carboxylic acids is 2. The molecule has 1 rings (SSSR count). The molecule has 0 saturated heterocycles. The fourth-order valence-electron chi connectivity index (χ4n) is 1.43. The molecule has 1 heterocycles. The van der Waals surface area contributed by atoms with E-state index in [1.54, 1.807) is 0 Å². The van der Waals surface area contributed by atoms with Crippen LogP contribution >= 0.6 is 0 Å². The molecule has 5 N–H and O–H groups in total. The Balaban J connectivity index is 2.82. The highest BCUT2D eigenvalue weighted by Gasteiger charge is 2.22. The summed E-state index contributed by atoms with van der Waals surface area (Å²) < 4.78 is 0. The summed E-state index contributed by atoms with van der Waals surface area (Å²) in [4.78, 5) is 46.1. The number of nitrogens with one attached hydrogen (secondary N) is 2. The third kappa shape index (κ3) is 4.44. The van der Waals surface area contributed by atoms with Gasteiger partial charge in [-0.2, -0.15) is 0 Å². The minimum atomic E-state index is -1.40. The van der Waals surface area contributed by atoms with Gasteiger partial charge in [0, 0.05) is 18.6 Å². The Labute approximate surface area is 111 Å². The van der Waals surface area contributed by atoms with Gasteiger partial charge in [-0.3, -0.25) is 19.4 Å². The normalized spacial score (nSPS) is 11.6. The van der Waals surface area contributed by atoms with Gasteiger partial charge < -0.3 is 20.6 Å². The standard InChI is InChI=1S/C11H12N2O7/c14-7-3-5(4-8(15)13-7)10(18)12-6(11(19)20)1-2-9(16)17/h3-4,6H,1-2H2,(H,12,18)(H,16,17)(H,19,20)(H2,13,14,15)/t6-/m0/s1. The highest BCUT2D eigenvalue weighted by molar-refractivity contribution is 5.96. The lowest BCUT2D eigenvalue weighted by molar-refractivity contribution is -0.140. The van der Waals surface area contributed by atoms with Crippen molar-refractivity contribution < 1.29 is 29.7 Å². The summed E-state index contributed by atoms with van der Waals surface area (Å²) in [6.45, 7) is 0. The Morgan fingerprint density at radius 1 is 1.25 bits per heavy atom. The topological polar surface area (TPSA) is 157 Å². The number of pyridine rings is 1. The fourth-order valence-corrected chi connectivity index (χ4v) is 1.43. The number of hydrogen-bond donors (Lipinski definition) is 5. The van der Waals surface area contributed by atoms with Crippen molar-refractivity contribution in [1.82, 2.24) is 10.3 Å². The van der Waals surface area contributed by atoms with Crippen LogP contribution in [0.25, 0.3) is 0 Å². The first-order valence-electron chi connectivity index (χ1n) is 5.48. The Morgan fingerprint density at radius 3 is 2.40 bits per heavy atom. The third-order valence-corrected chi connectivity index (χ3v) is 2.34. The molecule has 0 unspecified atom stereocenters. The van der Waals surface area contributed by atoms with E-state index in [9.17, 15) is 19.2 Å². The number of carboxylic acid groups (broad SMARTS) is 2. The molecular weight excluding hydrogens is 272 g/mol. The predicted molar refractivity (Wildman–Crippen MR) is 64.5 cm³/mol. The molecule has 1 amide bonds. The van der Waals surface area contributed by atoms with Gasteiger partial charge in [-0.25, -0.2) is 4.79 Å². The van der Waals surface area contributed by atoms with Crippen molar-refractivity contribution in [2.75, 3.05) is 0 Å². The van der Waals surface area contributed by atoms with Crippen molar-refractivity contribution in [3.63, 3.8) is 0 Å². The number of amides is 1. The number of H-pyrrole nitrogens is 1. The second-order valence-electron chi connectivity index (χ2n) is 3.92. The molecule has 1 aromatic rings. The number of aromatic amines is 1. The third-order valence-electron chi connectivity index (χ3n) is 2.34. The van der Waals surface area contributed by atoms with Crippen molar-refractivity contribution in [1.29, 1.82) is 0 Å². The van der Waals surface area contributed by atoms with Gasteiger partial charge in [0.25, 0.3) is 11.5 Å². The van der Waals surface area contributed by atoms with Crippen molar-refractivity contribution >= 4 is 17.8 Å². The summed E-state index contributed by atoms with van der Waals surface area (Å²) >= 11 is 0. The smallest absolute Gasteiger partial charge is 0.326 e. The van der Waals surface area contributed by atoms with E-state index < -0.39 is 41.7 Å². The van der Waals surface area contributed by atoms with Gasteiger partial charge >= 0.3 is 11.9 Å². The lowest BCUT2D eigenvalue weighted by Gasteiger charge is -2.13. The van der Waals surface area contributed by atoms with Crippen LogP contribution in [0.5, 0.6) is 5.88 Å². The first kappa shape index (κ1) is 15.2. The Kier molecular flexibility index (Phi) is 4.84. The number of hydrogen-bond acceptors (Lipinski definition) is 5. The van der Waals surface area contributed by atoms with E-state index in [1.807, 2.05) is 4.98 Å². The van der Waals surface area contributed by atoms with Gasteiger partial charge in [0.05, 0.1) is 5.56 Å². The highest BCUT2D eigenvalue weighted by atomic mass is 16.4. The minimum absolute atomic E-state index is 0.229. The van der Waals surface area contributed by atoms with Gasteiger partial charge in [-0.1, -0.05) is 0 Å². The van der Waals surface area contributed by atoms with Gasteiger partial charge in [0.1, 0.15) is 6.04 Å². The summed E-state index contributed by atoms with van der Waals surface area (Å²) in [7, 11) is 0. The van der Waals surface area contributed by atoms with Crippen LogP contribution < -0.4 is 10.9 Å². The molecule has 1 aromatic heterocycles. The van der Waals surface area contributed by atoms with Crippen LogP contribution in [0.4, 0.5) is 0 Å². The molecule has 0 aliphatic rings. The van der Waals surface area contributed by atoms with Gasteiger partial charge in [0.15, 0.2) is 5.88 Å². The molecule has 0 aliphatic carbocycles. The molecule has 0 aromatic carbocycles. The molecule has 9 heteroatoms. The van der Waals surface area contributed by atoms with Gasteiger partial charge in [-0.05, 0) is 6.42 Å². The van der Waals surface area contributed by atoms with E-state index in [2.05, 4.69) is 5.32 Å².